The van der Waals surface area contributed by atoms with E-state index in [0.717, 1.165) is 18.2 Å². The number of nitro benzene ring substituents is 1. The van der Waals surface area contributed by atoms with Crippen LogP contribution in [0, 0.1) is 16.0 Å². The zero-order chi connectivity index (χ0) is 19.5. The summed E-state index contributed by atoms with van der Waals surface area (Å²) in [5.41, 5.74) is -0.960. The quantitative estimate of drug-likeness (QED) is 0.624. The molecule has 1 fully saturated rings. The summed E-state index contributed by atoms with van der Waals surface area (Å²) in [7, 11) is 0. The zero-order valence-corrected chi connectivity index (χ0v) is 13.4. The van der Waals surface area contributed by atoms with Gasteiger partial charge in [-0.15, -0.1) is 0 Å². The van der Waals surface area contributed by atoms with Crippen molar-refractivity contribution in [2.45, 2.75) is 19.0 Å². The third-order valence-corrected chi connectivity index (χ3v) is 3.93. The molecule has 0 unspecified atom stereocenters. The van der Waals surface area contributed by atoms with Gasteiger partial charge in [0.15, 0.2) is 6.61 Å². The first kappa shape index (κ1) is 19.5. The summed E-state index contributed by atoms with van der Waals surface area (Å²) >= 11 is 0. The lowest BCUT2D eigenvalue weighted by atomic mass is 9.96. The number of hydrogen-bond acceptors (Lipinski definition) is 5. The minimum Gasteiger partial charge on any atom is -0.484 e. The van der Waals surface area contributed by atoms with Crippen LogP contribution in [0.1, 0.15) is 23.2 Å². The number of carbonyl (C=O) groups is 2. The summed E-state index contributed by atoms with van der Waals surface area (Å²) < 4.78 is 41.3. The molecule has 1 N–H and O–H groups in total. The summed E-state index contributed by atoms with van der Waals surface area (Å²) in [6.45, 7) is -1.43. The Morgan fingerprint density at radius 3 is 2.42 bits per heavy atom. The maximum absolute atomic E-state index is 12.6. The number of rotatable bonds is 5. The molecule has 1 aromatic rings. The minimum absolute atomic E-state index is 0.0839. The number of likely N-dealkylation sites (tertiary alicyclic amines) is 1. The summed E-state index contributed by atoms with van der Waals surface area (Å²) in [6.07, 6.45) is -4.21. The van der Waals surface area contributed by atoms with Gasteiger partial charge in [0.05, 0.1) is 10.8 Å². The van der Waals surface area contributed by atoms with Gasteiger partial charge in [0.25, 0.3) is 11.6 Å². The standard InChI is InChI=1S/C15H15F3N2O6/c16-15(17,18)8-26-10-1-2-12(20(24)25)11(7-10)13(21)19-5-3-9(4-6-19)14(22)23/h1-2,7,9H,3-6,8H2,(H,22,23). The number of hydrogen-bond donors (Lipinski definition) is 1. The largest absolute Gasteiger partial charge is 0.484 e. The first-order chi connectivity index (χ1) is 12.1. The first-order valence-corrected chi connectivity index (χ1v) is 7.58. The van der Waals surface area contributed by atoms with Crippen LogP contribution >= 0.6 is 0 Å². The number of carboxylic acid groups (broad SMARTS) is 1. The second kappa shape index (κ2) is 7.58. The van der Waals surface area contributed by atoms with Crippen LogP contribution in [0.25, 0.3) is 0 Å². The molecule has 1 aromatic carbocycles. The van der Waals surface area contributed by atoms with E-state index in [2.05, 4.69) is 4.74 Å². The van der Waals surface area contributed by atoms with Gasteiger partial charge in [0, 0.05) is 19.2 Å². The highest BCUT2D eigenvalue weighted by atomic mass is 19.4. The lowest BCUT2D eigenvalue weighted by Gasteiger charge is -2.30. The van der Waals surface area contributed by atoms with Gasteiger partial charge in [-0.25, -0.2) is 0 Å². The van der Waals surface area contributed by atoms with Crippen LogP contribution in [-0.2, 0) is 4.79 Å². The monoisotopic (exact) mass is 376 g/mol. The van der Waals surface area contributed by atoms with E-state index in [-0.39, 0.29) is 31.7 Å². The van der Waals surface area contributed by atoms with Gasteiger partial charge < -0.3 is 14.7 Å². The van der Waals surface area contributed by atoms with E-state index in [0.29, 0.717) is 0 Å². The summed E-state index contributed by atoms with van der Waals surface area (Å²) in [5.74, 6) is -2.66. The molecule has 0 radical (unpaired) electrons. The van der Waals surface area contributed by atoms with E-state index in [4.69, 9.17) is 5.11 Å². The maximum atomic E-state index is 12.6. The van der Waals surface area contributed by atoms with E-state index in [1.54, 1.807) is 0 Å². The predicted molar refractivity (Wildman–Crippen MR) is 80.9 cm³/mol. The van der Waals surface area contributed by atoms with Gasteiger partial charge in [0.1, 0.15) is 11.3 Å². The van der Waals surface area contributed by atoms with Gasteiger partial charge >= 0.3 is 12.1 Å². The highest BCUT2D eigenvalue weighted by molar-refractivity contribution is 5.98. The number of carbonyl (C=O) groups excluding carboxylic acids is 1. The zero-order valence-electron chi connectivity index (χ0n) is 13.4. The fourth-order valence-corrected chi connectivity index (χ4v) is 2.60. The predicted octanol–water partition coefficient (Wildman–Crippen LogP) is 2.47. The molecule has 0 spiro atoms. The lowest BCUT2D eigenvalue weighted by molar-refractivity contribution is -0.385. The van der Waals surface area contributed by atoms with Crippen molar-refractivity contribution in [1.82, 2.24) is 4.90 Å². The fraction of sp³-hybridized carbons (Fsp3) is 0.467. The molecular weight excluding hydrogens is 361 g/mol. The summed E-state index contributed by atoms with van der Waals surface area (Å²) in [5, 5.41) is 20.1. The molecule has 0 atom stereocenters. The van der Waals surface area contributed by atoms with Gasteiger partial charge in [0.2, 0.25) is 0 Å². The molecule has 2 rings (SSSR count). The van der Waals surface area contributed by atoms with Crippen molar-refractivity contribution in [3.63, 3.8) is 0 Å². The Balaban J connectivity index is 2.21. The normalized spacial score (nSPS) is 15.6. The van der Waals surface area contributed by atoms with Crippen molar-refractivity contribution in [1.29, 1.82) is 0 Å². The Hall–Kier alpha value is -2.85. The van der Waals surface area contributed by atoms with Crippen LogP contribution in [0.4, 0.5) is 18.9 Å². The van der Waals surface area contributed by atoms with E-state index in [9.17, 15) is 32.9 Å². The third-order valence-electron chi connectivity index (χ3n) is 3.93. The Bertz CT molecular complexity index is 714. The van der Waals surface area contributed by atoms with Crippen molar-refractivity contribution in [3.8, 4) is 5.75 Å². The average molecular weight is 376 g/mol. The molecule has 0 bridgehead atoms. The Morgan fingerprint density at radius 2 is 1.92 bits per heavy atom. The van der Waals surface area contributed by atoms with Crippen LogP contribution in [0.15, 0.2) is 18.2 Å². The smallest absolute Gasteiger partial charge is 0.422 e. The molecule has 1 heterocycles. The number of benzene rings is 1. The fourth-order valence-electron chi connectivity index (χ4n) is 2.60. The van der Waals surface area contributed by atoms with Crippen molar-refractivity contribution in [2.75, 3.05) is 19.7 Å². The van der Waals surface area contributed by atoms with E-state index in [1.807, 2.05) is 0 Å². The van der Waals surface area contributed by atoms with Gasteiger partial charge in [-0.2, -0.15) is 13.2 Å². The molecule has 1 amide bonds. The number of halogens is 3. The van der Waals surface area contributed by atoms with E-state index in [1.165, 1.54) is 4.90 Å². The van der Waals surface area contributed by atoms with Crippen LogP contribution in [0.2, 0.25) is 0 Å². The Labute approximate surface area is 145 Å². The van der Waals surface area contributed by atoms with Crippen molar-refractivity contribution in [2.24, 2.45) is 5.92 Å². The SMILES string of the molecule is O=C(O)C1CCN(C(=O)c2cc(OCC(F)(F)F)ccc2[N+](=O)[O-])CC1. The van der Waals surface area contributed by atoms with E-state index >= 15 is 0 Å². The van der Waals surface area contributed by atoms with Crippen LogP contribution in [0.5, 0.6) is 5.75 Å². The number of amides is 1. The molecule has 1 aliphatic heterocycles. The molecule has 1 saturated heterocycles. The van der Waals surface area contributed by atoms with Crippen LogP contribution in [0.3, 0.4) is 0 Å². The minimum atomic E-state index is -4.59. The second-order valence-corrected chi connectivity index (χ2v) is 5.74. The highest BCUT2D eigenvalue weighted by Crippen LogP contribution is 2.28. The van der Waals surface area contributed by atoms with Gasteiger partial charge in [-0.05, 0) is 25.0 Å². The number of alkyl halides is 3. The van der Waals surface area contributed by atoms with Gasteiger partial charge in [-0.1, -0.05) is 0 Å². The third kappa shape index (κ3) is 4.83. The number of piperidine rings is 1. The molecule has 0 aliphatic carbocycles. The number of nitro groups is 1. The maximum Gasteiger partial charge on any atom is 0.422 e. The second-order valence-electron chi connectivity index (χ2n) is 5.74. The van der Waals surface area contributed by atoms with Crippen molar-refractivity contribution >= 4 is 17.6 Å². The molecule has 0 saturated carbocycles. The summed E-state index contributed by atoms with van der Waals surface area (Å²) in [4.78, 5) is 35.0. The molecule has 11 heteroatoms. The Morgan fingerprint density at radius 1 is 1.31 bits per heavy atom. The number of carboxylic acids is 1. The molecule has 142 valence electrons. The van der Waals surface area contributed by atoms with Crippen molar-refractivity contribution < 1.29 is 37.5 Å². The van der Waals surface area contributed by atoms with Crippen LogP contribution < -0.4 is 4.74 Å². The highest BCUT2D eigenvalue weighted by Gasteiger charge is 2.32. The molecular formula is C15H15F3N2O6. The molecule has 0 aromatic heterocycles. The molecule has 26 heavy (non-hydrogen) atoms. The summed E-state index contributed by atoms with van der Waals surface area (Å²) in [6, 6.07) is 2.79. The van der Waals surface area contributed by atoms with Crippen LogP contribution in [-0.4, -0.2) is 52.7 Å². The lowest BCUT2D eigenvalue weighted by Crippen LogP contribution is -2.40. The first-order valence-electron chi connectivity index (χ1n) is 7.58. The number of ether oxygens (including phenoxy) is 1. The van der Waals surface area contributed by atoms with Gasteiger partial charge in [-0.3, -0.25) is 19.7 Å². The topological polar surface area (TPSA) is 110 Å². The van der Waals surface area contributed by atoms with Crippen molar-refractivity contribution in [3.05, 3.63) is 33.9 Å². The number of nitrogens with zero attached hydrogens (tertiary/aromatic N) is 2. The molecule has 8 nitrogen and oxygen atoms in total. The number of aliphatic carboxylic acids is 1. The Kier molecular flexibility index (Phi) is 5.68. The molecule has 1 aliphatic rings. The van der Waals surface area contributed by atoms with E-state index < -0.39 is 46.8 Å². The average Bonchev–Trinajstić information content (AvgIpc) is 2.58.